The number of nitrogens with zero attached hydrogens (tertiary/aromatic N) is 1. The summed E-state index contributed by atoms with van der Waals surface area (Å²) >= 11 is 0. The molecule has 4 rings (SSSR count). The molecule has 4 aliphatic rings. The third-order valence-electron chi connectivity index (χ3n) is 6.07. The molecule has 3 saturated carbocycles. The Hall–Kier alpha value is -0.570. The molecule has 3 nitrogen and oxygen atoms in total. The Morgan fingerprint density at radius 3 is 2.33 bits per heavy atom. The topological polar surface area (TPSA) is 40.5 Å². The lowest BCUT2D eigenvalue weighted by Gasteiger charge is -2.18. The number of carbonyl (C=O) groups excluding carboxylic acids is 1. The van der Waals surface area contributed by atoms with Crippen molar-refractivity contribution < 1.29 is 9.90 Å². The number of carbonyl (C=O) groups is 1. The molecular formula is C15H23NO2. The van der Waals surface area contributed by atoms with Gasteiger partial charge in [-0.3, -0.25) is 4.79 Å². The SMILES string of the molecule is O=C(C1C2CCCCC21)N1CC2CCC(O)C2C1. The van der Waals surface area contributed by atoms with Crippen molar-refractivity contribution in [2.75, 3.05) is 13.1 Å². The Morgan fingerprint density at radius 1 is 0.944 bits per heavy atom. The average molecular weight is 249 g/mol. The van der Waals surface area contributed by atoms with Gasteiger partial charge in [-0.2, -0.15) is 0 Å². The van der Waals surface area contributed by atoms with Crippen molar-refractivity contribution in [2.24, 2.45) is 29.6 Å². The van der Waals surface area contributed by atoms with Crippen LogP contribution in [0, 0.1) is 29.6 Å². The van der Waals surface area contributed by atoms with Crippen molar-refractivity contribution in [3.8, 4) is 0 Å². The molecule has 1 amide bonds. The molecule has 0 bridgehead atoms. The summed E-state index contributed by atoms with van der Waals surface area (Å²) in [6.45, 7) is 1.76. The summed E-state index contributed by atoms with van der Waals surface area (Å²) in [5.41, 5.74) is 0. The van der Waals surface area contributed by atoms with Gasteiger partial charge in [-0.1, -0.05) is 12.8 Å². The van der Waals surface area contributed by atoms with Crippen LogP contribution in [0.15, 0.2) is 0 Å². The molecule has 1 heterocycles. The molecule has 0 aromatic rings. The van der Waals surface area contributed by atoms with E-state index in [9.17, 15) is 9.90 Å². The van der Waals surface area contributed by atoms with Gasteiger partial charge in [0.1, 0.15) is 0 Å². The Kier molecular flexibility index (Phi) is 2.48. The van der Waals surface area contributed by atoms with E-state index in [0.29, 0.717) is 23.7 Å². The maximum absolute atomic E-state index is 12.6. The van der Waals surface area contributed by atoms with Crippen LogP contribution < -0.4 is 0 Å². The molecule has 0 spiro atoms. The summed E-state index contributed by atoms with van der Waals surface area (Å²) in [5.74, 6) is 3.20. The first-order valence-electron chi connectivity index (χ1n) is 7.72. The fourth-order valence-corrected chi connectivity index (χ4v) is 4.99. The van der Waals surface area contributed by atoms with E-state index >= 15 is 0 Å². The van der Waals surface area contributed by atoms with Crippen molar-refractivity contribution in [1.29, 1.82) is 0 Å². The highest BCUT2D eigenvalue weighted by atomic mass is 16.3. The molecule has 18 heavy (non-hydrogen) atoms. The summed E-state index contributed by atoms with van der Waals surface area (Å²) in [4.78, 5) is 14.6. The van der Waals surface area contributed by atoms with Gasteiger partial charge < -0.3 is 10.0 Å². The molecule has 3 heteroatoms. The van der Waals surface area contributed by atoms with E-state index in [1.807, 2.05) is 0 Å². The maximum Gasteiger partial charge on any atom is 0.226 e. The standard InChI is InChI=1S/C15H23NO2/c17-13-6-5-9-7-16(8-12(9)13)15(18)14-10-3-1-2-4-11(10)14/h9-14,17H,1-8H2. The van der Waals surface area contributed by atoms with Crippen LogP contribution in [0.4, 0.5) is 0 Å². The minimum absolute atomic E-state index is 0.144. The van der Waals surface area contributed by atoms with Crippen LogP contribution in [0.2, 0.25) is 0 Å². The van der Waals surface area contributed by atoms with Crippen LogP contribution in [-0.4, -0.2) is 35.1 Å². The van der Waals surface area contributed by atoms with Crippen LogP contribution in [0.3, 0.4) is 0 Å². The second-order valence-electron chi connectivity index (χ2n) is 6.95. The molecule has 100 valence electrons. The van der Waals surface area contributed by atoms with Gasteiger partial charge in [-0.15, -0.1) is 0 Å². The number of aliphatic hydroxyl groups excluding tert-OH is 1. The van der Waals surface area contributed by atoms with E-state index in [0.717, 1.165) is 37.8 Å². The van der Waals surface area contributed by atoms with Crippen molar-refractivity contribution in [3.63, 3.8) is 0 Å². The van der Waals surface area contributed by atoms with Gasteiger partial charge in [0.15, 0.2) is 0 Å². The number of amides is 1. The predicted molar refractivity (Wildman–Crippen MR) is 67.7 cm³/mol. The van der Waals surface area contributed by atoms with Gasteiger partial charge in [-0.25, -0.2) is 0 Å². The normalized spacial score (nSPS) is 49.9. The zero-order valence-corrected chi connectivity index (χ0v) is 10.9. The number of likely N-dealkylation sites (tertiary alicyclic amines) is 1. The van der Waals surface area contributed by atoms with Crippen LogP contribution >= 0.6 is 0 Å². The molecule has 3 aliphatic carbocycles. The summed E-state index contributed by atoms with van der Waals surface area (Å²) in [5, 5.41) is 9.92. The maximum atomic E-state index is 12.6. The number of rotatable bonds is 1. The highest BCUT2D eigenvalue weighted by Gasteiger charge is 2.57. The fourth-order valence-electron chi connectivity index (χ4n) is 4.99. The largest absolute Gasteiger partial charge is 0.393 e. The second-order valence-corrected chi connectivity index (χ2v) is 6.95. The van der Waals surface area contributed by atoms with Crippen molar-refractivity contribution >= 4 is 5.91 Å². The Morgan fingerprint density at radius 2 is 1.67 bits per heavy atom. The molecule has 0 aromatic heterocycles. The summed E-state index contributed by atoms with van der Waals surface area (Å²) < 4.78 is 0. The van der Waals surface area contributed by atoms with Gasteiger partial charge >= 0.3 is 0 Å². The third kappa shape index (κ3) is 1.56. The van der Waals surface area contributed by atoms with Gasteiger partial charge in [0.05, 0.1) is 6.10 Å². The first kappa shape index (κ1) is 11.3. The Bertz CT molecular complexity index is 358. The second kappa shape index (κ2) is 3.96. The molecule has 0 aromatic carbocycles. The number of hydrogen-bond donors (Lipinski definition) is 1. The van der Waals surface area contributed by atoms with Gasteiger partial charge in [0, 0.05) is 24.9 Å². The van der Waals surface area contributed by atoms with Crippen LogP contribution in [0.25, 0.3) is 0 Å². The Labute approximate surface area is 109 Å². The molecule has 0 radical (unpaired) electrons. The lowest BCUT2D eigenvalue weighted by molar-refractivity contribution is -0.132. The van der Waals surface area contributed by atoms with E-state index in [1.54, 1.807) is 0 Å². The molecule has 4 fully saturated rings. The highest BCUT2D eigenvalue weighted by molar-refractivity contribution is 5.82. The first-order chi connectivity index (χ1) is 8.75. The molecular weight excluding hydrogens is 226 g/mol. The monoisotopic (exact) mass is 249 g/mol. The molecule has 1 saturated heterocycles. The van der Waals surface area contributed by atoms with Crippen LogP contribution in [0.5, 0.6) is 0 Å². The van der Waals surface area contributed by atoms with E-state index in [1.165, 1.54) is 25.7 Å². The lowest BCUT2D eigenvalue weighted by atomic mass is 10.00. The number of fused-ring (bicyclic) bond motifs is 2. The number of hydrogen-bond acceptors (Lipinski definition) is 2. The first-order valence-corrected chi connectivity index (χ1v) is 7.72. The van der Waals surface area contributed by atoms with Crippen LogP contribution in [-0.2, 0) is 4.79 Å². The van der Waals surface area contributed by atoms with Gasteiger partial charge in [0.2, 0.25) is 5.91 Å². The molecule has 1 aliphatic heterocycles. The van der Waals surface area contributed by atoms with Crippen LogP contribution in [0.1, 0.15) is 38.5 Å². The zero-order valence-electron chi connectivity index (χ0n) is 10.9. The summed E-state index contributed by atoms with van der Waals surface area (Å²) in [6.07, 6.45) is 7.15. The van der Waals surface area contributed by atoms with E-state index in [2.05, 4.69) is 4.90 Å². The highest BCUT2D eigenvalue weighted by Crippen LogP contribution is 2.56. The Balaban J connectivity index is 1.42. The van der Waals surface area contributed by atoms with Crippen molar-refractivity contribution in [2.45, 2.75) is 44.6 Å². The van der Waals surface area contributed by atoms with Gasteiger partial charge in [0.25, 0.3) is 0 Å². The smallest absolute Gasteiger partial charge is 0.226 e. The minimum atomic E-state index is -0.144. The average Bonchev–Trinajstić information content (AvgIpc) is 2.78. The van der Waals surface area contributed by atoms with Crippen molar-refractivity contribution in [3.05, 3.63) is 0 Å². The predicted octanol–water partition coefficient (Wildman–Crippen LogP) is 1.65. The molecule has 5 atom stereocenters. The van der Waals surface area contributed by atoms with Crippen molar-refractivity contribution in [1.82, 2.24) is 4.90 Å². The van der Waals surface area contributed by atoms with E-state index in [4.69, 9.17) is 0 Å². The summed E-state index contributed by atoms with van der Waals surface area (Å²) in [6, 6.07) is 0. The molecule has 5 unspecified atom stereocenters. The number of aliphatic hydroxyl groups is 1. The lowest BCUT2D eigenvalue weighted by Crippen LogP contribution is -2.32. The summed E-state index contributed by atoms with van der Waals surface area (Å²) in [7, 11) is 0. The quantitative estimate of drug-likeness (QED) is 0.767. The van der Waals surface area contributed by atoms with E-state index in [-0.39, 0.29) is 6.10 Å². The molecule has 1 N–H and O–H groups in total. The zero-order chi connectivity index (χ0) is 12.3. The van der Waals surface area contributed by atoms with Gasteiger partial charge in [-0.05, 0) is 43.4 Å². The minimum Gasteiger partial charge on any atom is -0.393 e. The van der Waals surface area contributed by atoms with E-state index < -0.39 is 0 Å². The third-order valence-corrected chi connectivity index (χ3v) is 6.07. The fraction of sp³-hybridized carbons (Fsp3) is 0.933.